The number of rotatable bonds is 4. The van der Waals surface area contributed by atoms with Gasteiger partial charge < -0.3 is 10.1 Å². The highest BCUT2D eigenvalue weighted by Gasteiger charge is 2.12. The zero-order valence-corrected chi connectivity index (χ0v) is 11.3. The van der Waals surface area contributed by atoms with Crippen LogP contribution in [0.25, 0.3) is 0 Å². The quantitative estimate of drug-likeness (QED) is 0.923. The highest BCUT2D eigenvalue weighted by atomic mass is 79.9. The number of ether oxygens (including phenoxy) is 1. The first-order valence-electron chi connectivity index (χ1n) is 5.97. The van der Waals surface area contributed by atoms with Crippen molar-refractivity contribution in [3.8, 4) is 0 Å². The molecular formula is C13H17BrFNO. The van der Waals surface area contributed by atoms with E-state index >= 15 is 0 Å². The van der Waals surface area contributed by atoms with Crippen molar-refractivity contribution in [2.24, 2.45) is 5.92 Å². The molecule has 17 heavy (non-hydrogen) atoms. The second-order valence-corrected chi connectivity index (χ2v) is 5.42. The van der Waals surface area contributed by atoms with Crippen molar-refractivity contribution < 1.29 is 9.13 Å². The summed E-state index contributed by atoms with van der Waals surface area (Å²) >= 11 is 3.28. The number of halogens is 2. The van der Waals surface area contributed by atoms with Crippen LogP contribution in [0.4, 0.5) is 4.39 Å². The maximum atomic E-state index is 13.1. The third-order valence-electron chi connectivity index (χ3n) is 2.94. The molecule has 1 unspecified atom stereocenters. The Balaban J connectivity index is 1.77. The Morgan fingerprint density at radius 3 is 3.00 bits per heavy atom. The minimum atomic E-state index is -0.225. The molecule has 1 aliphatic heterocycles. The molecule has 1 aliphatic rings. The number of hydrogen-bond donors (Lipinski definition) is 1. The van der Waals surface area contributed by atoms with Gasteiger partial charge in [-0.15, -0.1) is 0 Å². The van der Waals surface area contributed by atoms with E-state index in [1.165, 1.54) is 25.0 Å². The lowest BCUT2D eigenvalue weighted by Crippen LogP contribution is -2.32. The summed E-state index contributed by atoms with van der Waals surface area (Å²) in [6.45, 7) is 3.38. The van der Waals surface area contributed by atoms with Crippen molar-refractivity contribution >= 4 is 15.9 Å². The normalized spacial score (nSPS) is 20.5. The van der Waals surface area contributed by atoms with Crippen molar-refractivity contribution in [3.63, 3.8) is 0 Å². The molecule has 4 heteroatoms. The van der Waals surface area contributed by atoms with Gasteiger partial charge in [0, 0.05) is 11.0 Å². The monoisotopic (exact) mass is 301 g/mol. The van der Waals surface area contributed by atoms with Crippen molar-refractivity contribution in [2.75, 3.05) is 19.7 Å². The summed E-state index contributed by atoms with van der Waals surface area (Å²) in [4.78, 5) is 0. The van der Waals surface area contributed by atoms with Gasteiger partial charge in [-0.2, -0.15) is 0 Å². The lowest BCUT2D eigenvalue weighted by atomic mass is 10.0. The molecule has 0 bridgehead atoms. The first kappa shape index (κ1) is 13.0. The van der Waals surface area contributed by atoms with Crippen LogP contribution in [0, 0.1) is 11.7 Å². The fourth-order valence-corrected chi connectivity index (χ4v) is 2.62. The zero-order valence-electron chi connectivity index (χ0n) is 9.72. The van der Waals surface area contributed by atoms with Crippen LogP contribution in [0.5, 0.6) is 0 Å². The van der Waals surface area contributed by atoms with Crippen molar-refractivity contribution in [1.82, 2.24) is 5.32 Å². The first-order valence-corrected chi connectivity index (χ1v) is 6.77. The smallest absolute Gasteiger partial charge is 0.124 e. The fourth-order valence-electron chi connectivity index (χ4n) is 2.10. The van der Waals surface area contributed by atoms with Crippen LogP contribution >= 0.6 is 15.9 Å². The molecule has 0 radical (unpaired) electrons. The number of hydrogen-bond acceptors (Lipinski definition) is 2. The fraction of sp³-hybridized carbons (Fsp3) is 0.538. The third-order valence-corrected chi connectivity index (χ3v) is 3.40. The topological polar surface area (TPSA) is 21.3 Å². The molecule has 2 rings (SSSR count). The van der Waals surface area contributed by atoms with Gasteiger partial charge in [-0.1, -0.05) is 15.9 Å². The predicted octanol–water partition coefficient (Wildman–Crippen LogP) is 3.10. The van der Waals surface area contributed by atoms with Gasteiger partial charge in [-0.3, -0.25) is 0 Å². The Hall–Kier alpha value is -0.450. The molecule has 0 saturated carbocycles. The summed E-state index contributed by atoms with van der Waals surface area (Å²) in [6, 6.07) is 4.86. The van der Waals surface area contributed by atoms with E-state index in [0.29, 0.717) is 12.5 Å². The van der Waals surface area contributed by atoms with Gasteiger partial charge in [0.15, 0.2) is 0 Å². The molecule has 0 aliphatic carbocycles. The minimum absolute atomic E-state index is 0.225. The molecule has 0 aromatic heterocycles. The molecule has 1 atom stereocenters. The summed E-state index contributed by atoms with van der Waals surface area (Å²) in [5.41, 5.74) is 0.876. The van der Waals surface area contributed by atoms with Crippen molar-refractivity contribution in [2.45, 2.75) is 19.4 Å². The highest BCUT2D eigenvalue weighted by Crippen LogP contribution is 2.16. The predicted molar refractivity (Wildman–Crippen MR) is 69.3 cm³/mol. The molecule has 1 heterocycles. The number of nitrogens with one attached hydrogen (secondary N) is 1. The average Bonchev–Trinajstić information content (AvgIpc) is 2.29. The highest BCUT2D eigenvalue weighted by molar-refractivity contribution is 9.10. The third kappa shape index (κ3) is 4.37. The Morgan fingerprint density at radius 2 is 2.29 bits per heavy atom. The van der Waals surface area contributed by atoms with E-state index in [2.05, 4.69) is 21.2 Å². The van der Waals surface area contributed by atoms with Crippen LogP contribution < -0.4 is 5.32 Å². The Morgan fingerprint density at radius 1 is 1.41 bits per heavy atom. The van der Waals surface area contributed by atoms with Gasteiger partial charge in [-0.25, -0.2) is 4.39 Å². The Labute approximate surface area is 110 Å². The number of benzene rings is 1. The van der Waals surface area contributed by atoms with Gasteiger partial charge in [0.2, 0.25) is 0 Å². The van der Waals surface area contributed by atoms with E-state index < -0.39 is 0 Å². The van der Waals surface area contributed by atoms with E-state index in [0.717, 1.165) is 29.7 Å². The lowest BCUT2D eigenvalue weighted by molar-refractivity contribution is 0.0781. The van der Waals surface area contributed by atoms with E-state index in [-0.39, 0.29) is 5.82 Å². The zero-order chi connectivity index (χ0) is 12.1. The van der Waals surface area contributed by atoms with Gasteiger partial charge >= 0.3 is 0 Å². The van der Waals surface area contributed by atoms with E-state index in [4.69, 9.17) is 4.74 Å². The van der Waals surface area contributed by atoms with Crippen LogP contribution in [0.15, 0.2) is 22.7 Å². The molecular weight excluding hydrogens is 285 g/mol. The van der Waals surface area contributed by atoms with E-state index in [1.54, 1.807) is 0 Å². The van der Waals surface area contributed by atoms with Gasteiger partial charge in [0.1, 0.15) is 5.82 Å². The summed E-state index contributed by atoms with van der Waals surface area (Å²) in [7, 11) is 0. The van der Waals surface area contributed by atoms with Crippen LogP contribution in [0.3, 0.4) is 0 Å². The maximum absolute atomic E-state index is 13.1. The van der Waals surface area contributed by atoms with Gasteiger partial charge in [-0.05, 0) is 49.1 Å². The molecule has 0 amide bonds. The first-order chi connectivity index (χ1) is 8.24. The second-order valence-electron chi connectivity index (χ2n) is 4.51. The molecule has 1 fully saturated rings. The largest absolute Gasteiger partial charge is 0.376 e. The van der Waals surface area contributed by atoms with Crippen molar-refractivity contribution in [3.05, 3.63) is 34.1 Å². The summed E-state index contributed by atoms with van der Waals surface area (Å²) in [5, 5.41) is 3.35. The molecule has 1 saturated heterocycles. The van der Waals surface area contributed by atoms with Gasteiger partial charge in [0.25, 0.3) is 0 Å². The standard InChI is InChI=1S/C13H17BrFNO/c14-12-4-11(5-13(15)6-12)9-17-8-10-2-1-3-16-7-10/h4-6,10,16H,1-3,7-9H2. The lowest BCUT2D eigenvalue weighted by Gasteiger charge is -2.22. The molecule has 1 N–H and O–H groups in total. The van der Waals surface area contributed by atoms with Crippen LogP contribution in [0.1, 0.15) is 18.4 Å². The number of piperidine rings is 1. The maximum Gasteiger partial charge on any atom is 0.124 e. The SMILES string of the molecule is Fc1cc(Br)cc(COCC2CCCNC2)c1. The molecule has 2 nitrogen and oxygen atoms in total. The Bertz CT molecular complexity index is 346. The van der Waals surface area contributed by atoms with Gasteiger partial charge in [0.05, 0.1) is 13.2 Å². The van der Waals surface area contributed by atoms with E-state index in [1.807, 2.05) is 6.07 Å². The van der Waals surface area contributed by atoms with Crippen molar-refractivity contribution in [1.29, 1.82) is 0 Å². The summed E-state index contributed by atoms with van der Waals surface area (Å²) in [6.07, 6.45) is 2.44. The molecule has 1 aromatic rings. The molecule has 0 spiro atoms. The van der Waals surface area contributed by atoms with Crippen LogP contribution in [0.2, 0.25) is 0 Å². The van der Waals surface area contributed by atoms with E-state index in [9.17, 15) is 4.39 Å². The Kier molecular flexibility index (Phi) is 4.95. The summed E-state index contributed by atoms with van der Waals surface area (Å²) in [5.74, 6) is 0.373. The molecule has 1 aromatic carbocycles. The summed E-state index contributed by atoms with van der Waals surface area (Å²) < 4.78 is 19.5. The minimum Gasteiger partial charge on any atom is -0.376 e. The second kappa shape index (κ2) is 6.47. The van der Waals surface area contributed by atoms with Crippen LogP contribution in [-0.2, 0) is 11.3 Å². The molecule has 94 valence electrons. The van der Waals surface area contributed by atoms with Crippen LogP contribution in [-0.4, -0.2) is 19.7 Å². The average molecular weight is 302 g/mol.